The van der Waals surface area contributed by atoms with Crippen LogP contribution in [0.25, 0.3) is 33.8 Å². The Morgan fingerprint density at radius 2 is 1.75 bits per heavy atom. The second kappa shape index (κ2) is 8.77. The lowest BCUT2D eigenvalue weighted by Gasteiger charge is -2.28. The van der Waals surface area contributed by atoms with Crippen LogP contribution < -0.4 is 4.90 Å². The van der Waals surface area contributed by atoms with Gasteiger partial charge >= 0.3 is 6.18 Å². The normalized spacial score (nSPS) is 15.2. The van der Waals surface area contributed by atoms with Gasteiger partial charge in [-0.15, -0.1) is 0 Å². The van der Waals surface area contributed by atoms with Crippen molar-refractivity contribution in [1.29, 1.82) is 0 Å². The second-order valence-electron chi connectivity index (χ2n) is 9.84. The minimum Gasteiger partial charge on any atom is -0.378 e. The highest BCUT2D eigenvalue weighted by molar-refractivity contribution is 6.33. The lowest BCUT2D eigenvalue weighted by Crippen LogP contribution is -2.37. The summed E-state index contributed by atoms with van der Waals surface area (Å²) in [5.74, 6) is 0.970. The van der Waals surface area contributed by atoms with Gasteiger partial charge in [-0.1, -0.05) is 50.6 Å². The Morgan fingerprint density at radius 1 is 1.06 bits per heavy atom. The van der Waals surface area contributed by atoms with E-state index >= 15 is 0 Å². The van der Waals surface area contributed by atoms with Crippen LogP contribution in [0.5, 0.6) is 0 Å². The van der Waals surface area contributed by atoms with Crippen LogP contribution >= 0.6 is 11.6 Å². The fourth-order valence-electron chi connectivity index (χ4n) is 4.43. The van der Waals surface area contributed by atoms with Crippen LogP contribution in [0.3, 0.4) is 0 Å². The van der Waals surface area contributed by atoms with Gasteiger partial charge < -0.3 is 14.6 Å². The molecule has 1 aliphatic heterocycles. The zero-order valence-corrected chi connectivity index (χ0v) is 21.1. The quantitative estimate of drug-likeness (QED) is 0.369. The number of alkyl halides is 3. The Hall–Kier alpha value is -3.11. The minimum atomic E-state index is -4.52. The molecule has 4 aromatic rings. The van der Waals surface area contributed by atoms with Gasteiger partial charge in [-0.25, -0.2) is 9.97 Å². The molecule has 0 radical (unpaired) electrons. The molecule has 0 bridgehead atoms. The van der Waals surface area contributed by atoms with Crippen molar-refractivity contribution in [2.24, 2.45) is 7.05 Å². The maximum absolute atomic E-state index is 13.8. The summed E-state index contributed by atoms with van der Waals surface area (Å²) in [5, 5.41) is 5.08. The van der Waals surface area contributed by atoms with Gasteiger partial charge in [-0.05, 0) is 12.1 Å². The smallest absolute Gasteiger partial charge is 0.378 e. The van der Waals surface area contributed by atoms with Gasteiger partial charge in [0.15, 0.2) is 11.6 Å². The first-order valence-electron chi connectivity index (χ1n) is 11.6. The third-order valence-corrected chi connectivity index (χ3v) is 6.55. The second-order valence-corrected chi connectivity index (χ2v) is 10.2. The van der Waals surface area contributed by atoms with Crippen molar-refractivity contribution in [3.8, 4) is 22.8 Å². The lowest BCUT2D eigenvalue weighted by molar-refractivity contribution is -0.137. The van der Waals surface area contributed by atoms with Crippen molar-refractivity contribution in [3.63, 3.8) is 0 Å². The molecule has 7 nitrogen and oxygen atoms in total. The van der Waals surface area contributed by atoms with E-state index in [-0.39, 0.29) is 16.7 Å². The summed E-state index contributed by atoms with van der Waals surface area (Å²) in [6.45, 7) is 8.15. The third-order valence-electron chi connectivity index (χ3n) is 6.19. The Morgan fingerprint density at radius 3 is 2.39 bits per heavy atom. The van der Waals surface area contributed by atoms with E-state index in [1.165, 1.54) is 12.1 Å². The number of aryl methyl sites for hydroxylation is 1. The number of benzene rings is 1. The van der Waals surface area contributed by atoms with Gasteiger partial charge in [-0.3, -0.25) is 4.68 Å². The predicted molar refractivity (Wildman–Crippen MR) is 133 cm³/mol. The average Bonchev–Trinajstić information content (AvgIpc) is 3.38. The van der Waals surface area contributed by atoms with E-state index in [1.807, 2.05) is 25.7 Å². The molecular weight excluding hydrogens is 493 g/mol. The standard InChI is InChI=1S/C25H26ClF3N6O/c1-24(2,3)21-18(26)20(34(4)33-21)22-30-17-13-16(14-7-5-6-8-15(14)25(27,28)29)31-23(19(17)32-22)35-9-11-36-12-10-35/h5-8,13H,9-12H2,1-4H3,(H,30,32). The third kappa shape index (κ3) is 4.32. The van der Waals surface area contributed by atoms with E-state index in [4.69, 9.17) is 26.3 Å². The molecule has 0 unspecified atom stereocenters. The molecule has 1 saturated heterocycles. The fourth-order valence-corrected chi connectivity index (χ4v) is 4.96. The maximum atomic E-state index is 13.8. The molecule has 0 atom stereocenters. The number of H-pyrrole nitrogens is 1. The SMILES string of the molecule is Cn1nc(C(C)(C)C)c(Cl)c1-c1nc2c(N3CCOCC3)nc(-c3ccccc3C(F)(F)F)cc2[nH]1. The molecule has 0 aliphatic carbocycles. The molecule has 36 heavy (non-hydrogen) atoms. The largest absolute Gasteiger partial charge is 0.417 e. The van der Waals surface area contributed by atoms with Crippen LogP contribution in [0.15, 0.2) is 30.3 Å². The Bertz CT molecular complexity index is 1430. The van der Waals surface area contributed by atoms with Gasteiger partial charge in [0.1, 0.15) is 11.2 Å². The summed E-state index contributed by atoms with van der Waals surface area (Å²) in [4.78, 5) is 14.8. The highest BCUT2D eigenvalue weighted by atomic mass is 35.5. The molecule has 1 aromatic carbocycles. The number of morpholine rings is 1. The van der Waals surface area contributed by atoms with Crippen LogP contribution in [0.2, 0.25) is 5.02 Å². The van der Waals surface area contributed by atoms with Crippen LogP contribution in [-0.2, 0) is 23.4 Å². The molecule has 0 spiro atoms. The van der Waals surface area contributed by atoms with Crippen LogP contribution in [0.4, 0.5) is 19.0 Å². The molecule has 1 fully saturated rings. The number of hydrogen-bond donors (Lipinski definition) is 1. The first kappa shape index (κ1) is 24.6. The molecule has 1 aliphatic rings. The van der Waals surface area contributed by atoms with Gasteiger partial charge in [0.2, 0.25) is 0 Å². The molecule has 5 rings (SSSR count). The van der Waals surface area contributed by atoms with Gasteiger partial charge in [-0.2, -0.15) is 18.3 Å². The number of fused-ring (bicyclic) bond motifs is 1. The zero-order valence-electron chi connectivity index (χ0n) is 20.4. The minimum absolute atomic E-state index is 0.00569. The molecule has 190 valence electrons. The van der Waals surface area contributed by atoms with E-state index in [0.717, 1.165) is 11.8 Å². The lowest BCUT2D eigenvalue weighted by atomic mass is 9.92. The number of rotatable bonds is 3. The highest BCUT2D eigenvalue weighted by Crippen LogP contribution is 2.40. The van der Waals surface area contributed by atoms with Crippen LogP contribution in [0, 0.1) is 0 Å². The number of ether oxygens (including phenoxy) is 1. The number of hydrogen-bond acceptors (Lipinski definition) is 5. The summed E-state index contributed by atoms with van der Waals surface area (Å²) in [6, 6.07) is 7.06. The summed E-state index contributed by atoms with van der Waals surface area (Å²) in [6.07, 6.45) is -4.52. The van der Waals surface area contributed by atoms with Gasteiger partial charge in [0.05, 0.1) is 40.7 Å². The van der Waals surface area contributed by atoms with Crippen molar-refractivity contribution in [1.82, 2.24) is 24.7 Å². The van der Waals surface area contributed by atoms with Crippen LogP contribution in [-0.4, -0.2) is 51.0 Å². The van der Waals surface area contributed by atoms with Gasteiger partial charge in [0, 0.05) is 31.1 Å². The molecule has 4 heterocycles. The molecule has 0 amide bonds. The van der Waals surface area contributed by atoms with Crippen LogP contribution in [0.1, 0.15) is 32.0 Å². The molecule has 1 N–H and O–H groups in total. The molecular formula is C25H26ClF3N6O. The van der Waals surface area contributed by atoms with Crippen molar-refractivity contribution in [2.75, 3.05) is 31.2 Å². The highest BCUT2D eigenvalue weighted by Gasteiger charge is 2.34. The number of aromatic amines is 1. The number of halogens is 4. The fraction of sp³-hybridized carbons (Fsp3) is 0.400. The van der Waals surface area contributed by atoms with E-state index in [1.54, 1.807) is 23.9 Å². The number of aromatic nitrogens is 5. The first-order chi connectivity index (χ1) is 16.9. The first-order valence-corrected chi connectivity index (χ1v) is 12.0. The number of imidazole rings is 1. The molecule has 3 aromatic heterocycles. The summed E-state index contributed by atoms with van der Waals surface area (Å²) in [7, 11) is 1.79. The Labute approximate surface area is 211 Å². The zero-order chi connectivity index (χ0) is 25.8. The summed E-state index contributed by atoms with van der Waals surface area (Å²) < 4.78 is 48.6. The van der Waals surface area contributed by atoms with Crippen molar-refractivity contribution >= 4 is 28.5 Å². The van der Waals surface area contributed by atoms with Crippen molar-refractivity contribution in [2.45, 2.75) is 32.4 Å². The molecule has 11 heteroatoms. The van der Waals surface area contributed by atoms with E-state index in [0.29, 0.717) is 59.7 Å². The monoisotopic (exact) mass is 518 g/mol. The average molecular weight is 519 g/mol. The number of nitrogens with zero attached hydrogens (tertiary/aromatic N) is 5. The van der Waals surface area contributed by atoms with Crippen molar-refractivity contribution < 1.29 is 17.9 Å². The number of anilines is 1. The molecule has 0 saturated carbocycles. The summed E-state index contributed by atoms with van der Waals surface area (Å²) in [5.41, 5.74) is 1.63. The predicted octanol–water partition coefficient (Wildman–Crippen LogP) is 5.83. The maximum Gasteiger partial charge on any atom is 0.417 e. The topological polar surface area (TPSA) is 71.9 Å². The van der Waals surface area contributed by atoms with E-state index < -0.39 is 11.7 Å². The number of pyridine rings is 1. The number of nitrogens with one attached hydrogen (secondary N) is 1. The van der Waals surface area contributed by atoms with Gasteiger partial charge in [0.25, 0.3) is 0 Å². The van der Waals surface area contributed by atoms with E-state index in [9.17, 15) is 13.2 Å². The Kier molecular flexibility index (Phi) is 5.99. The van der Waals surface area contributed by atoms with E-state index in [2.05, 4.69) is 10.1 Å². The van der Waals surface area contributed by atoms with Crippen molar-refractivity contribution in [3.05, 3.63) is 46.6 Å². The Balaban J connectivity index is 1.73. The summed E-state index contributed by atoms with van der Waals surface area (Å²) >= 11 is 6.75.